The zero-order chi connectivity index (χ0) is 36.8. The maximum atomic E-state index is 14.0. The summed E-state index contributed by atoms with van der Waals surface area (Å²) < 4.78 is 34.2. The average Bonchev–Trinajstić information content (AvgIpc) is 3.38. The van der Waals surface area contributed by atoms with Gasteiger partial charge in [-0.05, 0) is 78.0 Å². The highest BCUT2D eigenvalue weighted by Crippen LogP contribution is 2.28. The van der Waals surface area contributed by atoms with Crippen molar-refractivity contribution in [2.45, 2.75) is 111 Å². The normalized spacial score (nSPS) is 17.0. The van der Waals surface area contributed by atoms with Crippen molar-refractivity contribution in [1.82, 2.24) is 15.5 Å². The number of hydrogen-bond donors (Lipinski definition) is 3. The van der Waals surface area contributed by atoms with Crippen LogP contribution in [0, 0.1) is 5.41 Å². The third-order valence-corrected chi connectivity index (χ3v) is 7.75. The largest absolute Gasteiger partial charge is 0.460 e. The molecule has 0 bridgehead atoms. The van der Waals surface area contributed by atoms with E-state index in [1.165, 1.54) is 29.2 Å². The first-order valence-corrected chi connectivity index (χ1v) is 17.9. The van der Waals surface area contributed by atoms with Gasteiger partial charge in [0.1, 0.15) is 23.3 Å². The number of ether oxygens (including phenoxy) is 2. The van der Waals surface area contributed by atoms with Crippen molar-refractivity contribution < 1.29 is 41.9 Å². The van der Waals surface area contributed by atoms with Crippen molar-refractivity contribution in [2.75, 3.05) is 18.1 Å². The monoisotopic (exact) mass is 712 g/mol. The SMILES string of the molecule is CC(C)(C)OC(=O)C[C@@H](/C=C/S(C)(=O)=O)NC(=O)[C@H]1CCCN1C(=O)[C@@H](NC(=O)c1ccc(NC(=O)OC(C)(C)C)c(Cl)c1)C(C)(C)C. The van der Waals surface area contributed by atoms with Gasteiger partial charge in [0.2, 0.25) is 11.8 Å². The molecule has 1 aromatic rings. The second kappa shape index (κ2) is 15.7. The second-order valence-corrected chi connectivity index (χ2v) is 17.2. The van der Waals surface area contributed by atoms with Gasteiger partial charge in [-0.1, -0.05) is 38.4 Å². The molecule has 1 saturated heterocycles. The Balaban J connectivity index is 2.25. The molecule has 13 nitrogen and oxygen atoms in total. The zero-order valence-corrected chi connectivity index (χ0v) is 30.9. The van der Waals surface area contributed by atoms with Crippen LogP contribution in [0.1, 0.15) is 91.9 Å². The number of rotatable bonds is 10. The lowest BCUT2D eigenvalue weighted by Gasteiger charge is -2.35. The number of sulfone groups is 1. The Morgan fingerprint density at radius 3 is 2.10 bits per heavy atom. The molecule has 2 rings (SSSR count). The minimum absolute atomic E-state index is 0.0780. The van der Waals surface area contributed by atoms with Crippen molar-refractivity contribution >= 4 is 56.9 Å². The number of likely N-dealkylation sites (tertiary alicyclic amines) is 1. The molecule has 0 aromatic heterocycles. The van der Waals surface area contributed by atoms with E-state index >= 15 is 0 Å². The minimum atomic E-state index is -3.57. The molecule has 1 aliphatic heterocycles. The van der Waals surface area contributed by atoms with Crippen molar-refractivity contribution in [2.24, 2.45) is 5.41 Å². The summed E-state index contributed by atoms with van der Waals surface area (Å²) in [6.07, 6.45) is 1.97. The molecule has 4 amide bonds. The molecule has 1 aromatic carbocycles. The van der Waals surface area contributed by atoms with Gasteiger partial charge in [0.25, 0.3) is 5.91 Å². The molecule has 15 heteroatoms. The van der Waals surface area contributed by atoms with E-state index < -0.39 is 74.4 Å². The van der Waals surface area contributed by atoms with Crippen LogP contribution in [0.25, 0.3) is 0 Å². The fraction of sp³-hybridized carbons (Fsp3) is 0.606. The van der Waals surface area contributed by atoms with Gasteiger partial charge in [-0.15, -0.1) is 0 Å². The number of amides is 4. The highest BCUT2D eigenvalue weighted by atomic mass is 35.5. The third kappa shape index (κ3) is 13.5. The summed E-state index contributed by atoms with van der Waals surface area (Å²) in [5.41, 5.74) is -1.94. The summed E-state index contributed by atoms with van der Waals surface area (Å²) in [7, 11) is -3.57. The topological polar surface area (TPSA) is 177 Å². The van der Waals surface area contributed by atoms with Crippen LogP contribution in [0.15, 0.2) is 29.7 Å². The maximum Gasteiger partial charge on any atom is 0.412 e. The molecular formula is C33H49ClN4O9S. The summed E-state index contributed by atoms with van der Waals surface area (Å²) in [6.45, 7) is 15.8. The zero-order valence-electron chi connectivity index (χ0n) is 29.4. The van der Waals surface area contributed by atoms with Crippen LogP contribution in [-0.4, -0.2) is 85.2 Å². The summed E-state index contributed by atoms with van der Waals surface area (Å²) in [5.74, 6) is -2.31. The molecule has 1 heterocycles. The van der Waals surface area contributed by atoms with Crippen LogP contribution in [-0.2, 0) is 33.7 Å². The number of anilines is 1. The highest BCUT2D eigenvalue weighted by Gasteiger charge is 2.42. The molecule has 0 saturated carbocycles. The third-order valence-electron chi connectivity index (χ3n) is 6.79. The van der Waals surface area contributed by atoms with E-state index in [1.54, 1.807) is 62.3 Å². The Labute approximate surface area is 288 Å². The van der Waals surface area contributed by atoms with Gasteiger partial charge in [-0.25, -0.2) is 13.2 Å². The fourth-order valence-electron chi connectivity index (χ4n) is 4.75. The number of benzene rings is 1. The number of carbonyl (C=O) groups is 5. The van der Waals surface area contributed by atoms with Gasteiger partial charge in [0.15, 0.2) is 9.84 Å². The molecule has 48 heavy (non-hydrogen) atoms. The summed E-state index contributed by atoms with van der Waals surface area (Å²) in [4.78, 5) is 67.0. The first-order chi connectivity index (χ1) is 21.8. The van der Waals surface area contributed by atoms with Crippen LogP contribution in [0.5, 0.6) is 0 Å². The van der Waals surface area contributed by atoms with Crippen molar-refractivity contribution in [3.8, 4) is 0 Å². The number of esters is 1. The first kappa shape index (κ1) is 40.5. The average molecular weight is 713 g/mol. The lowest BCUT2D eigenvalue weighted by atomic mass is 9.85. The van der Waals surface area contributed by atoms with Crippen LogP contribution in [0.4, 0.5) is 10.5 Å². The van der Waals surface area contributed by atoms with Gasteiger partial charge in [0.05, 0.1) is 23.2 Å². The molecule has 1 aliphatic rings. The van der Waals surface area contributed by atoms with Crippen LogP contribution in [0.2, 0.25) is 5.02 Å². The Hall–Kier alpha value is -3.65. The Morgan fingerprint density at radius 1 is 0.979 bits per heavy atom. The standard InChI is InChI=1S/C33H49ClN4O9S/c1-31(2,3)26(37-27(40)20-13-14-23(22(34)18-20)36-30(43)47-33(7,8)9)29(42)38-16-11-12-24(38)28(41)35-21(15-17-48(10,44)45)19-25(39)46-32(4,5)6/h13-15,17-18,21,24,26H,11-12,16,19H2,1-10H3,(H,35,41)(H,36,43)(H,37,40)/b17-15+/t21-,24-,26-/m1/s1. The van der Waals surface area contributed by atoms with Gasteiger partial charge in [-0.3, -0.25) is 24.5 Å². The molecule has 268 valence electrons. The summed E-state index contributed by atoms with van der Waals surface area (Å²) in [5, 5.41) is 8.98. The molecule has 0 spiro atoms. The van der Waals surface area contributed by atoms with Crippen molar-refractivity contribution in [3.05, 3.63) is 40.3 Å². The Kier molecular flexibility index (Phi) is 13.3. The van der Waals surface area contributed by atoms with Gasteiger partial charge >= 0.3 is 12.1 Å². The van der Waals surface area contributed by atoms with Crippen molar-refractivity contribution in [3.63, 3.8) is 0 Å². The smallest absolute Gasteiger partial charge is 0.412 e. The minimum Gasteiger partial charge on any atom is -0.460 e. The molecule has 3 N–H and O–H groups in total. The Morgan fingerprint density at radius 2 is 1.58 bits per heavy atom. The molecular weight excluding hydrogens is 664 g/mol. The number of nitrogens with one attached hydrogen (secondary N) is 3. The fourth-order valence-corrected chi connectivity index (χ4v) is 5.45. The number of hydrogen-bond acceptors (Lipinski definition) is 9. The van der Waals surface area contributed by atoms with Gasteiger partial charge in [0, 0.05) is 23.8 Å². The van der Waals surface area contributed by atoms with E-state index in [1.807, 2.05) is 0 Å². The summed E-state index contributed by atoms with van der Waals surface area (Å²) in [6, 6.07) is 1.24. The molecule has 1 fully saturated rings. The van der Waals surface area contributed by atoms with Crippen molar-refractivity contribution in [1.29, 1.82) is 0 Å². The lowest BCUT2D eigenvalue weighted by molar-refractivity contribution is -0.155. The van der Waals surface area contributed by atoms with E-state index in [9.17, 15) is 32.4 Å². The molecule has 3 atom stereocenters. The first-order valence-electron chi connectivity index (χ1n) is 15.6. The van der Waals surface area contributed by atoms with E-state index in [0.29, 0.717) is 12.8 Å². The quantitative estimate of drug-likeness (QED) is 0.293. The van der Waals surface area contributed by atoms with Crippen LogP contribution >= 0.6 is 11.6 Å². The van der Waals surface area contributed by atoms with E-state index in [4.69, 9.17) is 21.1 Å². The number of carbonyl (C=O) groups excluding carboxylic acids is 5. The lowest BCUT2D eigenvalue weighted by Crippen LogP contribution is -2.58. The second-order valence-electron chi connectivity index (χ2n) is 14.8. The van der Waals surface area contributed by atoms with Crippen LogP contribution < -0.4 is 16.0 Å². The van der Waals surface area contributed by atoms with E-state index in [2.05, 4.69) is 16.0 Å². The Bertz CT molecular complexity index is 1520. The predicted molar refractivity (Wildman–Crippen MR) is 183 cm³/mol. The van der Waals surface area contributed by atoms with E-state index in [0.717, 1.165) is 11.7 Å². The number of nitrogens with zero attached hydrogens (tertiary/aromatic N) is 1. The van der Waals surface area contributed by atoms with Gasteiger partial charge in [-0.2, -0.15) is 0 Å². The maximum absolute atomic E-state index is 14.0. The predicted octanol–water partition coefficient (Wildman–Crippen LogP) is 4.60. The highest BCUT2D eigenvalue weighted by molar-refractivity contribution is 7.93. The summed E-state index contributed by atoms with van der Waals surface area (Å²) >= 11 is 6.35. The molecule has 0 radical (unpaired) electrons. The molecule has 0 unspecified atom stereocenters. The van der Waals surface area contributed by atoms with E-state index in [-0.39, 0.29) is 29.2 Å². The molecule has 0 aliphatic carbocycles. The van der Waals surface area contributed by atoms with Crippen LogP contribution in [0.3, 0.4) is 0 Å². The van der Waals surface area contributed by atoms with Gasteiger partial charge < -0.3 is 25.0 Å². The number of halogens is 1.